The van der Waals surface area contributed by atoms with Crippen LogP contribution in [-0.4, -0.2) is 102 Å². The molecule has 0 aliphatic carbocycles. The Morgan fingerprint density at radius 2 is 1.62 bits per heavy atom. The van der Waals surface area contributed by atoms with E-state index in [4.69, 9.17) is 19.2 Å². The highest BCUT2D eigenvalue weighted by Gasteiger charge is 2.22. The van der Waals surface area contributed by atoms with Gasteiger partial charge in [-0.3, -0.25) is 14.3 Å². The van der Waals surface area contributed by atoms with Crippen LogP contribution in [0, 0.1) is 18.3 Å². The van der Waals surface area contributed by atoms with Gasteiger partial charge in [-0.05, 0) is 79.8 Å². The molecule has 0 spiro atoms. The number of anilines is 3. The minimum atomic E-state index is -3.94. The van der Waals surface area contributed by atoms with Crippen LogP contribution in [0.3, 0.4) is 0 Å². The lowest BCUT2D eigenvalue weighted by molar-refractivity contribution is -0.127. The number of hydrogen-bond donors (Lipinski definition) is 5. The van der Waals surface area contributed by atoms with Crippen molar-refractivity contribution in [3.05, 3.63) is 101 Å². The van der Waals surface area contributed by atoms with Crippen molar-refractivity contribution in [3.8, 4) is 12.1 Å². The fraction of sp³-hybridized carbons (Fsp3) is 0.364. The SMILES string of the molecule is Cc1ccc(NS(=O)(=O)c2ccc(CNC(=O)COCCOCC(=O)Nc3ccc(CNc4nc(OC5CCN(C)CC5)nc5c(C(C)C)cnn45)cc3)cc2)c2[nH]cc(C#N)c12. The molecule has 1 saturated heterocycles. The normalized spacial score (nSPS) is 13.6. The van der Waals surface area contributed by atoms with Crippen molar-refractivity contribution in [2.24, 2.45) is 0 Å². The maximum atomic E-state index is 13.1. The van der Waals surface area contributed by atoms with E-state index in [1.807, 2.05) is 25.3 Å². The van der Waals surface area contributed by atoms with Crippen LogP contribution in [0.4, 0.5) is 17.3 Å². The van der Waals surface area contributed by atoms with Crippen molar-refractivity contribution >= 4 is 55.7 Å². The number of nitrogens with zero attached hydrogens (tertiary/aromatic N) is 6. The number of likely N-dealkylation sites (tertiary alicyclic amines) is 1. The van der Waals surface area contributed by atoms with Crippen LogP contribution in [0.1, 0.15) is 60.4 Å². The number of aromatic nitrogens is 5. The molecule has 0 unspecified atom stereocenters. The molecule has 19 heteroatoms. The Labute approximate surface area is 365 Å². The van der Waals surface area contributed by atoms with Gasteiger partial charge in [0.2, 0.25) is 17.8 Å². The fourth-order valence-electron chi connectivity index (χ4n) is 7.07. The van der Waals surface area contributed by atoms with Crippen molar-refractivity contribution in [1.29, 1.82) is 5.26 Å². The van der Waals surface area contributed by atoms with Gasteiger partial charge in [0.05, 0.1) is 41.1 Å². The third-order valence-corrected chi connectivity index (χ3v) is 12.0. The van der Waals surface area contributed by atoms with E-state index in [1.54, 1.807) is 47.1 Å². The van der Waals surface area contributed by atoms with Crippen LogP contribution in [-0.2, 0) is 42.2 Å². The van der Waals surface area contributed by atoms with Crippen molar-refractivity contribution in [1.82, 2.24) is 34.8 Å². The number of ether oxygens (including phenoxy) is 3. The molecule has 0 bridgehead atoms. The summed E-state index contributed by atoms with van der Waals surface area (Å²) in [5.74, 6) is 0.0383. The number of nitrogens with one attached hydrogen (secondary N) is 5. The number of amides is 2. The van der Waals surface area contributed by atoms with E-state index in [1.165, 1.54) is 12.1 Å². The molecule has 330 valence electrons. The second kappa shape index (κ2) is 20.1. The summed E-state index contributed by atoms with van der Waals surface area (Å²) in [6, 6.07) is 19.4. The van der Waals surface area contributed by atoms with Crippen LogP contribution < -0.4 is 25.4 Å². The molecule has 7 rings (SSSR count). The minimum Gasteiger partial charge on any atom is -0.460 e. The van der Waals surface area contributed by atoms with Gasteiger partial charge < -0.3 is 40.0 Å². The zero-order chi connectivity index (χ0) is 44.5. The maximum Gasteiger partial charge on any atom is 0.322 e. The number of sulfonamides is 1. The number of fused-ring (bicyclic) bond motifs is 2. The number of aromatic amines is 1. The predicted molar refractivity (Wildman–Crippen MR) is 237 cm³/mol. The van der Waals surface area contributed by atoms with Gasteiger partial charge in [-0.2, -0.15) is 24.8 Å². The van der Waals surface area contributed by atoms with E-state index in [9.17, 15) is 23.3 Å². The molecule has 1 aliphatic rings. The first kappa shape index (κ1) is 44.5. The fourth-order valence-corrected chi connectivity index (χ4v) is 8.14. The smallest absolute Gasteiger partial charge is 0.322 e. The lowest BCUT2D eigenvalue weighted by Crippen LogP contribution is -2.36. The number of hydrogen-bond acceptors (Lipinski definition) is 13. The van der Waals surface area contributed by atoms with E-state index in [2.05, 4.69) is 67.6 Å². The Morgan fingerprint density at radius 3 is 2.32 bits per heavy atom. The molecule has 1 fully saturated rings. The third kappa shape index (κ3) is 11.3. The number of benzene rings is 3. The van der Waals surface area contributed by atoms with Gasteiger partial charge in [0.15, 0.2) is 5.65 Å². The van der Waals surface area contributed by atoms with Gasteiger partial charge >= 0.3 is 6.01 Å². The first-order valence-electron chi connectivity index (χ1n) is 20.6. The van der Waals surface area contributed by atoms with Crippen LogP contribution in [0.25, 0.3) is 16.6 Å². The monoisotopic (exact) mass is 877 g/mol. The Balaban J connectivity index is 0.791. The van der Waals surface area contributed by atoms with E-state index >= 15 is 0 Å². The van der Waals surface area contributed by atoms with Crippen LogP contribution in [0.2, 0.25) is 0 Å². The van der Waals surface area contributed by atoms with Gasteiger partial charge in [0, 0.05) is 49.0 Å². The molecule has 3 aromatic carbocycles. The molecule has 63 heavy (non-hydrogen) atoms. The molecule has 1 aliphatic heterocycles. The van der Waals surface area contributed by atoms with E-state index in [0.717, 1.165) is 42.6 Å². The highest BCUT2D eigenvalue weighted by Crippen LogP contribution is 2.30. The summed E-state index contributed by atoms with van der Waals surface area (Å²) in [6.07, 6.45) is 5.25. The summed E-state index contributed by atoms with van der Waals surface area (Å²) in [6.45, 7) is 8.36. The molecule has 0 saturated carbocycles. The topological polar surface area (TPSA) is 230 Å². The minimum absolute atomic E-state index is 0.0387. The first-order valence-corrected chi connectivity index (χ1v) is 22.1. The summed E-state index contributed by atoms with van der Waals surface area (Å²) in [5.41, 5.74) is 6.10. The number of nitriles is 1. The van der Waals surface area contributed by atoms with Crippen LogP contribution in [0.15, 0.2) is 78.0 Å². The Hall–Kier alpha value is -6.59. The van der Waals surface area contributed by atoms with Gasteiger partial charge in [0.25, 0.3) is 10.0 Å². The highest BCUT2D eigenvalue weighted by molar-refractivity contribution is 7.92. The largest absolute Gasteiger partial charge is 0.460 e. The van der Waals surface area contributed by atoms with Crippen molar-refractivity contribution in [3.63, 3.8) is 0 Å². The summed E-state index contributed by atoms with van der Waals surface area (Å²) in [5, 5.41) is 23.5. The zero-order valence-corrected chi connectivity index (χ0v) is 36.4. The number of rotatable bonds is 19. The zero-order valence-electron chi connectivity index (χ0n) is 35.6. The molecule has 5 N–H and O–H groups in total. The maximum absolute atomic E-state index is 13.1. The van der Waals surface area contributed by atoms with E-state index in [0.29, 0.717) is 57.6 Å². The van der Waals surface area contributed by atoms with Crippen LogP contribution in [0.5, 0.6) is 6.01 Å². The first-order chi connectivity index (χ1) is 30.4. The Kier molecular flexibility index (Phi) is 14.2. The molecule has 4 heterocycles. The van der Waals surface area contributed by atoms with E-state index < -0.39 is 10.0 Å². The summed E-state index contributed by atoms with van der Waals surface area (Å²) >= 11 is 0. The average Bonchev–Trinajstić information content (AvgIpc) is 3.92. The molecule has 18 nitrogen and oxygen atoms in total. The number of aryl methyl sites for hydroxylation is 1. The van der Waals surface area contributed by atoms with Gasteiger partial charge in [-0.1, -0.05) is 44.2 Å². The number of piperidine rings is 1. The lowest BCUT2D eigenvalue weighted by Gasteiger charge is -2.28. The predicted octanol–water partition coefficient (Wildman–Crippen LogP) is 5.08. The summed E-state index contributed by atoms with van der Waals surface area (Å²) < 4.78 is 47.7. The van der Waals surface area contributed by atoms with Gasteiger partial charge in [-0.15, -0.1) is 0 Å². The quantitative estimate of drug-likeness (QED) is 0.0670. The molecule has 2 amide bonds. The third-order valence-electron chi connectivity index (χ3n) is 10.6. The van der Waals surface area contributed by atoms with E-state index in [-0.39, 0.29) is 61.7 Å². The second-order valence-corrected chi connectivity index (χ2v) is 17.3. The van der Waals surface area contributed by atoms with Gasteiger partial charge in [-0.25, -0.2) is 8.42 Å². The number of H-pyrrole nitrogens is 1. The Morgan fingerprint density at radius 1 is 0.937 bits per heavy atom. The molecule has 3 aromatic heterocycles. The average molecular weight is 878 g/mol. The molecule has 0 atom stereocenters. The summed E-state index contributed by atoms with van der Waals surface area (Å²) in [4.78, 5) is 39.6. The van der Waals surface area contributed by atoms with Crippen molar-refractivity contribution in [2.45, 2.75) is 63.6 Å². The van der Waals surface area contributed by atoms with Crippen molar-refractivity contribution in [2.75, 3.05) is 61.9 Å². The second-order valence-electron chi connectivity index (χ2n) is 15.7. The van der Waals surface area contributed by atoms with Crippen LogP contribution >= 0.6 is 0 Å². The molecular formula is C44H51N11O7S. The number of carbonyl (C=O) groups is 2. The standard InChI is InChI=1S/C44H51N11O7S/c1-28(2)36-25-49-55-42(36)51-44(62-34-15-17-54(4)18-16-34)52-43(55)48-23-30-6-10-33(11-7-30)50-39(57)27-61-20-19-60-26-38(56)46-22-31-8-12-35(13-9-31)63(58,59)53-37-14-5-29(3)40-32(21-45)24-47-41(37)40/h5-14,24-25,28,34,47,53H,15-20,22-23,26-27H2,1-4H3,(H,46,56)(H,50,57)(H,48,51,52). The molecule has 0 radical (unpaired) electrons. The number of carbonyl (C=O) groups excluding carboxylic acids is 2. The molecule has 6 aromatic rings. The summed E-state index contributed by atoms with van der Waals surface area (Å²) in [7, 11) is -1.83. The Bertz CT molecular complexity index is 2700. The van der Waals surface area contributed by atoms with Gasteiger partial charge in [0.1, 0.15) is 25.4 Å². The lowest BCUT2D eigenvalue weighted by atomic mass is 10.1. The molecular weight excluding hydrogens is 827 g/mol. The van der Waals surface area contributed by atoms with Crippen molar-refractivity contribution < 1.29 is 32.2 Å². The highest BCUT2D eigenvalue weighted by atomic mass is 32.2.